The molecule has 0 saturated carbocycles. The van der Waals surface area contributed by atoms with Gasteiger partial charge >= 0.3 is 0 Å². The third-order valence-corrected chi connectivity index (χ3v) is 8.02. The predicted octanol–water partition coefficient (Wildman–Crippen LogP) is 8.96. The van der Waals surface area contributed by atoms with Gasteiger partial charge in [0.05, 0.1) is 5.41 Å². The molecule has 6 aromatic rings. The number of benzene rings is 5. The van der Waals surface area contributed by atoms with E-state index in [1.54, 1.807) is 6.20 Å². The highest BCUT2D eigenvalue weighted by molar-refractivity contribution is 5.89. The minimum absolute atomic E-state index is 0.459. The Kier molecular flexibility index (Phi) is 4.74. The Bertz CT molecular complexity index is 1810. The van der Waals surface area contributed by atoms with Crippen LogP contribution in [0.15, 0.2) is 140 Å². The molecule has 1 aromatic heterocycles. The Hall–Kier alpha value is -5.15. The third-order valence-electron chi connectivity index (χ3n) is 8.02. The van der Waals surface area contributed by atoms with Gasteiger partial charge < -0.3 is 10.1 Å². The standard InChI is InChI=1S/C36H24N2O/c1-3-11-30-28(9-1)29-10-2-4-12-31(29)36(30)32-13-5-6-14-34(32)39-35-20-19-27(22-33(35)36)38-26-17-15-24(16-18-26)25-8-7-21-37-23-25/h1-23,38H. The Morgan fingerprint density at radius 2 is 1.15 bits per heavy atom. The van der Waals surface area contributed by atoms with Gasteiger partial charge in [0.25, 0.3) is 0 Å². The van der Waals surface area contributed by atoms with Crippen LogP contribution in [0.25, 0.3) is 22.3 Å². The van der Waals surface area contributed by atoms with E-state index < -0.39 is 5.41 Å². The van der Waals surface area contributed by atoms with Crippen molar-refractivity contribution in [1.29, 1.82) is 0 Å². The van der Waals surface area contributed by atoms with Gasteiger partial charge in [0, 0.05) is 34.9 Å². The summed E-state index contributed by atoms with van der Waals surface area (Å²) in [6.45, 7) is 0. The highest BCUT2D eigenvalue weighted by Gasteiger charge is 2.50. The molecule has 1 aliphatic carbocycles. The van der Waals surface area contributed by atoms with E-state index in [1.165, 1.54) is 27.8 Å². The van der Waals surface area contributed by atoms with Crippen molar-refractivity contribution in [3.63, 3.8) is 0 Å². The van der Waals surface area contributed by atoms with Crippen LogP contribution < -0.4 is 10.1 Å². The average molecular weight is 501 g/mol. The van der Waals surface area contributed by atoms with Crippen LogP contribution >= 0.6 is 0 Å². The van der Waals surface area contributed by atoms with Crippen LogP contribution in [0.3, 0.4) is 0 Å². The lowest BCUT2D eigenvalue weighted by molar-refractivity contribution is 0.436. The maximum absolute atomic E-state index is 6.53. The second-order valence-electron chi connectivity index (χ2n) is 10.1. The summed E-state index contributed by atoms with van der Waals surface area (Å²) < 4.78 is 6.53. The molecule has 0 bridgehead atoms. The quantitative estimate of drug-likeness (QED) is 0.263. The first-order valence-corrected chi connectivity index (χ1v) is 13.2. The molecule has 8 rings (SSSR count). The van der Waals surface area contributed by atoms with E-state index in [0.717, 1.165) is 39.6 Å². The number of pyridine rings is 1. The number of para-hydroxylation sites is 1. The lowest BCUT2D eigenvalue weighted by Gasteiger charge is -2.39. The number of rotatable bonds is 3. The van der Waals surface area contributed by atoms with Crippen LogP contribution in [-0.4, -0.2) is 4.98 Å². The van der Waals surface area contributed by atoms with Gasteiger partial charge in [-0.1, -0.05) is 84.9 Å². The van der Waals surface area contributed by atoms with E-state index in [4.69, 9.17) is 4.74 Å². The lowest BCUT2D eigenvalue weighted by atomic mass is 9.66. The molecule has 184 valence electrons. The van der Waals surface area contributed by atoms with Crippen LogP contribution in [0.2, 0.25) is 0 Å². The number of ether oxygens (including phenoxy) is 1. The van der Waals surface area contributed by atoms with Crippen LogP contribution in [0.4, 0.5) is 11.4 Å². The van der Waals surface area contributed by atoms with E-state index in [1.807, 2.05) is 12.3 Å². The molecule has 3 heteroatoms. The Balaban J connectivity index is 1.29. The topological polar surface area (TPSA) is 34.2 Å². The summed E-state index contributed by atoms with van der Waals surface area (Å²) in [5.74, 6) is 1.79. The van der Waals surface area contributed by atoms with Gasteiger partial charge in [0.1, 0.15) is 11.5 Å². The Morgan fingerprint density at radius 3 is 1.87 bits per heavy atom. The number of hydrogen-bond acceptors (Lipinski definition) is 3. The van der Waals surface area contributed by atoms with Crippen molar-refractivity contribution in [2.45, 2.75) is 5.41 Å². The van der Waals surface area contributed by atoms with E-state index in [9.17, 15) is 0 Å². The van der Waals surface area contributed by atoms with E-state index in [0.29, 0.717) is 0 Å². The molecular weight excluding hydrogens is 476 g/mol. The van der Waals surface area contributed by atoms with Gasteiger partial charge in [-0.3, -0.25) is 4.98 Å². The van der Waals surface area contributed by atoms with E-state index in [-0.39, 0.29) is 0 Å². The first kappa shape index (κ1) is 21.9. The molecule has 0 unspecified atom stereocenters. The molecule has 39 heavy (non-hydrogen) atoms. The SMILES string of the molecule is c1cncc(-c2ccc(Nc3ccc4c(c3)C3(c5ccccc5O4)c4ccccc4-c4ccccc43)cc2)c1. The van der Waals surface area contributed by atoms with E-state index >= 15 is 0 Å². The fourth-order valence-corrected chi connectivity index (χ4v) is 6.38. The zero-order valence-electron chi connectivity index (χ0n) is 21.1. The van der Waals surface area contributed by atoms with E-state index in [2.05, 4.69) is 132 Å². The van der Waals surface area contributed by atoms with Crippen molar-refractivity contribution in [3.05, 3.63) is 162 Å². The summed E-state index contributed by atoms with van der Waals surface area (Å²) in [7, 11) is 0. The Labute approximate surface area is 227 Å². The van der Waals surface area contributed by atoms with Crippen molar-refractivity contribution in [3.8, 4) is 33.8 Å². The highest BCUT2D eigenvalue weighted by Crippen LogP contribution is 2.62. The molecule has 2 heterocycles. The van der Waals surface area contributed by atoms with Gasteiger partial charge in [-0.15, -0.1) is 0 Å². The average Bonchev–Trinajstić information content (AvgIpc) is 3.30. The smallest absolute Gasteiger partial charge is 0.132 e. The maximum atomic E-state index is 6.53. The number of fused-ring (bicyclic) bond motifs is 9. The van der Waals surface area contributed by atoms with Crippen LogP contribution in [0, 0.1) is 0 Å². The maximum Gasteiger partial charge on any atom is 0.132 e. The first-order valence-electron chi connectivity index (χ1n) is 13.2. The number of hydrogen-bond donors (Lipinski definition) is 1. The monoisotopic (exact) mass is 500 g/mol. The van der Waals surface area contributed by atoms with Crippen molar-refractivity contribution >= 4 is 11.4 Å². The molecule has 0 saturated heterocycles. The number of nitrogens with zero attached hydrogens (tertiary/aromatic N) is 1. The van der Waals surface area contributed by atoms with Gasteiger partial charge in [0.2, 0.25) is 0 Å². The summed E-state index contributed by atoms with van der Waals surface area (Å²) in [4.78, 5) is 4.25. The van der Waals surface area contributed by atoms with Crippen molar-refractivity contribution in [1.82, 2.24) is 4.98 Å². The second kappa shape index (κ2) is 8.44. The van der Waals surface area contributed by atoms with Gasteiger partial charge in [0.15, 0.2) is 0 Å². The molecule has 5 aromatic carbocycles. The van der Waals surface area contributed by atoms with Gasteiger partial charge in [-0.05, 0) is 75.8 Å². The molecule has 1 aliphatic heterocycles. The molecule has 0 fully saturated rings. The van der Waals surface area contributed by atoms with Crippen molar-refractivity contribution < 1.29 is 4.74 Å². The first-order chi connectivity index (χ1) is 19.3. The molecule has 0 radical (unpaired) electrons. The van der Waals surface area contributed by atoms with Crippen molar-refractivity contribution in [2.75, 3.05) is 5.32 Å². The summed E-state index contributed by atoms with van der Waals surface area (Å²) in [6, 6.07) is 45.1. The molecule has 1 spiro atoms. The van der Waals surface area contributed by atoms with Crippen LogP contribution in [0.5, 0.6) is 11.5 Å². The minimum Gasteiger partial charge on any atom is -0.457 e. The fourth-order valence-electron chi connectivity index (χ4n) is 6.38. The van der Waals surface area contributed by atoms with Crippen LogP contribution in [-0.2, 0) is 5.41 Å². The lowest BCUT2D eigenvalue weighted by Crippen LogP contribution is -2.32. The van der Waals surface area contributed by atoms with Crippen molar-refractivity contribution in [2.24, 2.45) is 0 Å². The molecule has 3 nitrogen and oxygen atoms in total. The Morgan fingerprint density at radius 1 is 0.513 bits per heavy atom. The van der Waals surface area contributed by atoms with Crippen LogP contribution in [0.1, 0.15) is 22.3 Å². The molecule has 1 N–H and O–H groups in total. The molecule has 2 aliphatic rings. The zero-order chi connectivity index (χ0) is 25.8. The fraction of sp³-hybridized carbons (Fsp3) is 0.0278. The normalized spacial score (nSPS) is 13.5. The second-order valence-corrected chi connectivity index (χ2v) is 10.1. The summed E-state index contributed by atoms with van der Waals surface area (Å²) in [6.07, 6.45) is 3.69. The third kappa shape index (κ3) is 3.20. The van der Waals surface area contributed by atoms with Gasteiger partial charge in [-0.25, -0.2) is 0 Å². The minimum atomic E-state index is -0.459. The summed E-state index contributed by atoms with van der Waals surface area (Å²) >= 11 is 0. The number of aromatic nitrogens is 1. The number of anilines is 2. The molecule has 0 atom stereocenters. The predicted molar refractivity (Wildman–Crippen MR) is 157 cm³/mol. The number of nitrogens with one attached hydrogen (secondary N) is 1. The summed E-state index contributed by atoms with van der Waals surface area (Å²) in [5.41, 5.74) is 11.3. The zero-order valence-corrected chi connectivity index (χ0v) is 21.1. The largest absolute Gasteiger partial charge is 0.457 e. The highest BCUT2D eigenvalue weighted by atomic mass is 16.5. The molecular formula is C36H24N2O. The van der Waals surface area contributed by atoms with Gasteiger partial charge in [-0.2, -0.15) is 0 Å². The molecule has 0 amide bonds. The summed E-state index contributed by atoms with van der Waals surface area (Å²) in [5, 5.41) is 3.64.